The van der Waals surface area contributed by atoms with E-state index < -0.39 is 0 Å². The Labute approximate surface area is 104 Å². The van der Waals surface area contributed by atoms with Crippen molar-refractivity contribution in [3.8, 4) is 0 Å². The largest absolute Gasteiger partial charge is 0.385 e. The van der Waals surface area contributed by atoms with Crippen LogP contribution in [0.1, 0.15) is 16.8 Å². The van der Waals surface area contributed by atoms with Crippen LogP contribution in [-0.4, -0.2) is 32.7 Å². The summed E-state index contributed by atoms with van der Waals surface area (Å²) in [5.74, 6) is -0.00936. The molecule has 0 bridgehead atoms. The van der Waals surface area contributed by atoms with Gasteiger partial charge in [-0.15, -0.1) is 0 Å². The SMILES string of the molecule is COCCCOCC(=O)c1ccccc1Br. The van der Waals surface area contributed by atoms with Gasteiger partial charge >= 0.3 is 0 Å². The summed E-state index contributed by atoms with van der Waals surface area (Å²) in [5, 5.41) is 0. The summed E-state index contributed by atoms with van der Waals surface area (Å²) in [5.41, 5.74) is 0.661. The van der Waals surface area contributed by atoms with Gasteiger partial charge in [0.05, 0.1) is 0 Å². The molecule has 1 rings (SSSR count). The van der Waals surface area contributed by atoms with Crippen LogP contribution in [0.15, 0.2) is 28.7 Å². The Hall–Kier alpha value is -0.710. The van der Waals surface area contributed by atoms with Crippen LogP contribution in [0, 0.1) is 0 Å². The average molecular weight is 287 g/mol. The van der Waals surface area contributed by atoms with Crippen LogP contribution < -0.4 is 0 Å². The lowest BCUT2D eigenvalue weighted by atomic mass is 10.1. The number of ketones is 1. The minimum atomic E-state index is -0.00936. The third-order valence-corrected chi connectivity index (χ3v) is 2.74. The lowest BCUT2D eigenvalue weighted by molar-refractivity contribution is 0.0704. The molecule has 16 heavy (non-hydrogen) atoms. The predicted octanol–water partition coefficient (Wildman–Crippen LogP) is 2.68. The lowest BCUT2D eigenvalue weighted by Gasteiger charge is -2.04. The quantitative estimate of drug-likeness (QED) is 0.571. The Morgan fingerprint density at radius 1 is 1.31 bits per heavy atom. The molecule has 3 nitrogen and oxygen atoms in total. The molecule has 0 amide bonds. The molecule has 4 heteroatoms. The van der Waals surface area contributed by atoms with E-state index in [0.717, 1.165) is 10.9 Å². The van der Waals surface area contributed by atoms with Crippen molar-refractivity contribution in [3.05, 3.63) is 34.3 Å². The summed E-state index contributed by atoms with van der Waals surface area (Å²) in [4.78, 5) is 11.7. The number of Topliss-reactive ketones (excluding diaryl/α,β-unsaturated/α-hetero) is 1. The van der Waals surface area contributed by atoms with Gasteiger partial charge in [-0.1, -0.05) is 34.1 Å². The normalized spacial score (nSPS) is 10.4. The van der Waals surface area contributed by atoms with Crippen molar-refractivity contribution in [1.29, 1.82) is 0 Å². The molecule has 0 aromatic heterocycles. The number of carbonyl (C=O) groups is 1. The topological polar surface area (TPSA) is 35.5 Å². The van der Waals surface area contributed by atoms with E-state index in [1.54, 1.807) is 13.2 Å². The number of rotatable bonds is 7. The zero-order valence-corrected chi connectivity index (χ0v) is 10.8. The number of carbonyl (C=O) groups excluding carboxylic acids is 1. The number of methoxy groups -OCH3 is 1. The van der Waals surface area contributed by atoms with Crippen molar-refractivity contribution in [1.82, 2.24) is 0 Å². The Bertz CT molecular complexity index is 339. The summed E-state index contributed by atoms with van der Waals surface area (Å²) in [7, 11) is 1.65. The molecule has 0 aliphatic rings. The molecule has 0 aliphatic heterocycles. The van der Waals surface area contributed by atoms with E-state index >= 15 is 0 Å². The molecule has 0 fully saturated rings. The second-order valence-corrected chi connectivity index (χ2v) is 4.16. The zero-order chi connectivity index (χ0) is 11.8. The van der Waals surface area contributed by atoms with E-state index in [1.165, 1.54) is 0 Å². The number of benzene rings is 1. The van der Waals surface area contributed by atoms with Crippen molar-refractivity contribution in [2.75, 3.05) is 26.9 Å². The first kappa shape index (κ1) is 13.4. The van der Waals surface area contributed by atoms with Crippen molar-refractivity contribution in [2.24, 2.45) is 0 Å². The van der Waals surface area contributed by atoms with Crippen LogP contribution in [0.4, 0.5) is 0 Å². The molecule has 0 atom stereocenters. The maximum atomic E-state index is 11.7. The van der Waals surface area contributed by atoms with Gasteiger partial charge in [-0.2, -0.15) is 0 Å². The maximum Gasteiger partial charge on any atom is 0.189 e. The lowest BCUT2D eigenvalue weighted by Crippen LogP contribution is -2.11. The standard InChI is InChI=1S/C12H15BrO3/c1-15-7-4-8-16-9-12(14)10-5-2-3-6-11(10)13/h2-3,5-6H,4,7-9H2,1H3. The molecule has 0 radical (unpaired) electrons. The van der Waals surface area contributed by atoms with Gasteiger partial charge in [-0.25, -0.2) is 0 Å². The fourth-order valence-electron chi connectivity index (χ4n) is 1.24. The van der Waals surface area contributed by atoms with Crippen LogP contribution in [0.3, 0.4) is 0 Å². The summed E-state index contributed by atoms with van der Waals surface area (Å²) < 4.78 is 10.9. The highest BCUT2D eigenvalue weighted by molar-refractivity contribution is 9.10. The van der Waals surface area contributed by atoms with Gasteiger partial charge < -0.3 is 9.47 Å². The zero-order valence-electron chi connectivity index (χ0n) is 9.24. The number of hydrogen-bond donors (Lipinski definition) is 0. The minimum absolute atomic E-state index is 0.00936. The van der Waals surface area contributed by atoms with E-state index in [9.17, 15) is 4.79 Å². The monoisotopic (exact) mass is 286 g/mol. The highest BCUT2D eigenvalue weighted by Gasteiger charge is 2.08. The Morgan fingerprint density at radius 3 is 2.75 bits per heavy atom. The summed E-state index contributed by atoms with van der Waals surface area (Å²) in [6, 6.07) is 7.34. The second-order valence-electron chi connectivity index (χ2n) is 3.30. The van der Waals surface area contributed by atoms with E-state index in [0.29, 0.717) is 18.8 Å². The molecular formula is C12H15BrO3. The smallest absolute Gasteiger partial charge is 0.189 e. The van der Waals surface area contributed by atoms with Crippen molar-refractivity contribution in [2.45, 2.75) is 6.42 Å². The number of halogens is 1. The van der Waals surface area contributed by atoms with E-state index in [2.05, 4.69) is 15.9 Å². The Morgan fingerprint density at radius 2 is 2.06 bits per heavy atom. The van der Waals surface area contributed by atoms with Gasteiger partial charge in [0.2, 0.25) is 0 Å². The minimum Gasteiger partial charge on any atom is -0.385 e. The van der Waals surface area contributed by atoms with E-state index in [-0.39, 0.29) is 12.4 Å². The summed E-state index contributed by atoms with van der Waals surface area (Å²) >= 11 is 3.33. The number of hydrogen-bond acceptors (Lipinski definition) is 3. The van der Waals surface area contributed by atoms with Crippen molar-refractivity contribution in [3.63, 3.8) is 0 Å². The molecule has 1 aromatic rings. The van der Waals surface area contributed by atoms with E-state index in [4.69, 9.17) is 9.47 Å². The number of ether oxygens (including phenoxy) is 2. The fourth-order valence-corrected chi connectivity index (χ4v) is 1.74. The van der Waals surface area contributed by atoms with Gasteiger partial charge in [0.1, 0.15) is 6.61 Å². The maximum absolute atomic E-state index is 11.7. The second kappa shape index (κ2) is 7.54. The first-order valence-electron chi connectivity index (χ1n) is 5.10. The first-order valence-corrected chi connectivity index (χ1v) is 5.89. The van der Waals surface area contributed by atoms with Gasteiger partial charge in [0, 0.05) is 30.4 Å². The van der Waals surface area contributed by atoms with Crippen LogP contribution >= 0.6 is 15.9 Å². The molecule has 88 valence electrons. The molecule has 1 aromatic carbocycles. The Balaban J connectivity index is 2.33. The van der Waals surface area contributed by atoms with Gasteiger partial charge in [0.25, 0.3) is 0 Å². The molecule has 0 spiro atoms. The third kappa shape index (κ3) is 4.43. The molecule has 0 saturated carbocycles. The molecule has 0 N–H and O–H groups in total. The molecule has 0 saturated heterocycles. The third-order valence-electron chi connectivity index (χ3n) is 2.04. The Kier molecular flexibility index (Phi) is 6.30. The molecular weight excluding hydrogens is 272 g/mol. The van der Waals surface area contributed by atoms with Crippen molar-refractivity contribution >= 4 is 21.7 Å². The van der Waals surface area contributed by atoms with Gasteiger partial charge in [-0.05, 0) is 12.5 Å². The van der Waals surface area contributed by atoms with Crippen LogP contribution in [0.25, 0.3) is 0 Å². The van der Waals surface area contributed by atoms with Crippen LogP contribution in [-0.2, 0) is 9.47 Å². The van der Waals surface area contributed by atoms with E-state index in [1.807, 2.05) is 18.2 Å². The van der Waals surface area contributed by atoms with Crippen molar-refractivity contribution < 1.29 is 14.3 Å². The predicted molar refractivity (Wildman–Crippen MR) is 65.8 cm³/mol. The highest BCUT2D eigenvalue weighted by Crippen LogP contribution is 2.16. The van der Waals surface area contributed by atoms with Gasteiger partial charge in [0.15, 0.2) is 5.78 Å². The highest BCUT2D eigenvalue weighted by atomic mass is 79.9. The fraction of sp³-hybridized carbons (Fsp3) is 0.417. The summed E-state index contributed by atoms with van der Waals surface area (Å²) in [6.45, 7) is 1.32. The molecule has 0 aliphatic carbocycles. The molecule has 0 heterocycles. The van der Waals surface area contributed by atoms with Gasteiger partial charge in [-0.3, -0.25) is 4.79 Å². The average Bonchev–Trinajstić information content (AvgIpc) is 2.29. The van der Waals surface area contributed by atoms with Crippen LogP contribution in [0.5, 0.6) is 0 Å². The van der Waals surface area contributed by atoms with Crippen LogP contribution in [0.2, 0.25) is 0 Å². The first-order chi connectivity index (χ1) is 7.75. The summed E-state index contributed by atoms with van der Waals surface area (Å²) in [6.07, 6.45) is 0.805. The molecule has 0 unspecified atom stereocenters.